The van der Waals surface area contributed by atoms with E-state index in [0.717, 1.165) is 16.9 Å². The molecule has 2 aliphatic rings. The lowest BCUT2D eigenvalue weighted by Crippen LogP contribution is -2.69. The molecule has 2 N–H and O–H groups in total. The number of H-pyrrole nitrogens is 1. The molecule has 1 aromatic carbocycles. The number of nitrogens with one attached hydrogen (secondary N) is 2. The number of fused-ring (bicyclic) bond motifs is 1. The maximum absolute atomic E-state index is 12.9. The first-order valence-corrected chi connectivity index (χ1v) is 10.5. The molecule has 2 aliphatic heterocycles. The quantitative estimate of drug-likeness (QED) is 0.618. The van der Waals surface area contributed by atoms with Crippen LogP contribution in [-0.2, 0) is 22.6 Å². The van der Waals surface area contributed by atoms with Crippen LogP contribution in [0.15, 0.2) is 49.2 Å². The van der Waals surface area contributed by atoms with Gasteiger partial charge in [0.1, 0.15) is 12.1 Å². The second-order valence-corrected chi connectivity index (χ2v) is 8.28. The SMILES string of the molecule is O=C1N[C@@H](Cc2cnc[nH]2)C(=O)N2CCN(Cc3cnn(-c4ccccc4Cl)c3)C[C@H]12. The second-order valence-electron chi connectivity index (χ2n) is 7.87. The Morgan fingerprint density at radius 3 is 2.84 bits per heavy atom. The summed E-state index contributed by atoms with van der Waals surface area (Å²) < 4.78 is 1.75. The molecule has 0 spiro atoms. The van der Waals surface area contributed by atoms with E-state index in [9.17, 15) is 9.59 Å². The molecular weight excluding hydrogens is 418 g/mol. The van der Waals surface area contributed by atoms with Crippen LogP contribution >= 0.6 is 11.6 Å². The normalized spacial score (nSPS) is 21.8. The molecule has 160 valence electrons. The van der Waals surface area contributed by atoms with Gasteiger partial charge >= 0.3 is 0 Å². The highest BCUT2D eigenvalue weighted by Crippen LogP contribution is 2.22. The molecule has 3 aromatic rings. The van der Waals surface area contributed by atoms with Crippen molar-refractivity contribution < 1.29 is 9.59 Å². The third-order valence-corrected chi connectivity index (χ3v) is 6.10. The first kappa shape index (κ1) is 19.8. The van der Waals surface area contributed by atoms with Gasteiger partial charge in [0.05, 0.1) is 23.2 Å². The van der Waals surface area contributed by atoms with Crippen LogP contribution in [0.2, 0.25) is 5.02 Å². The van der Waals surface area contributed by atoms with Crippen LogP contribution < -0.4 is 5.32 Å². The van der Waals surface area contributed by atoms with Gasteiger partial charge in [-0.05, 0) is 12.1 Å². The van der Waals surface area contributed by atoms with Crippen LogP contribution in [0.4, 0.5) is 0 Å². The summed E-state index contributed by atoms with van der Waals surface area (Å²) in [6, 6.07) is 6.51. The number of carbonyl (C=O) groups is 2. The summed E-state index contributed by atoms with van der Waals surface area (Å²) in [4.78, 5) is 36.5. The number of nitrogens with zero attached hydrogens (tertiary/aromatic N) is 5. The molecule has 5 rings (SSSR count). The van der Waals surface area contributed by atoms with Gasteiger partial charge < -0.3 is 15.2 Å². The van der Waals surface area contributed by atoms with E-state index in [-0.39, 0.29) is 11.8 Å². The second kappa shape index (κ2) is 8.16. The highest BCUT2D eigenvalue weighted by Gasteiger charge is 2.43. The van der Waals surface area contributed by atoms with E-state index in [1.807, 2.05) is 36.7 Å². The Balaban J connectivity index is 1.24. The number of para-hydroxylation sites is 1. The Morgan fingerprint density at radius 1 is 1.16 bits per heavy atom. The van der Waals surface area contributed by atoms with Crippen LogP contribution in [0.25, 0.3) is 5.69 Å². The maximum atomic E-state index is 12.9. The number of hydrogen-bond acceptors (Lipinski definition) is 5. The Bertz CT molecular complexity index is 1100. The number of rotatable bonds is 5. The summed E-state index contributed by atoms with van der Waals surface area (Å²) >= 11 is 6.26. The smallest absolute Gasteiger partial charge is 0.246 e. The van der Waals surface area contributed by atoms with Crippen molar-refractivity contribution in [2.45, 2.75) is 25.0 Å². The van der Waals surface area contributed by atoms with Crippen molar-refractivity contribution in [3.63, 3.8) is 0 Å². The molecule has 4 heterocycles. The summed E-state index contributed by atoms with van der Waals surface area (Å²) in [5, 5.41) is 7.94. The lowest BCUT2D eigenvalue weighted by molar-refractivity contribution is -0.153. The number of piperazine rings is 2. The third-order valence-electron chi connectivity index (χ3n) is 5.79. The minimum Gasteiger partial charge on any atom is -0.348 e. The fourth-order valence-electron chi connectivity index (χ4n) is 4.22. The zero-order valence-corrected chi connectivity index (χ0v) is 17.5. The topological polar surface area (TPSA) is 99.1 Å². The predicted molar refractivity (Wildman–Crippen MR) is 114 cm³/mol. The number of amides is 2. The molecule has 2 fully saturated rings. The fraction of sp³-hybridized carbons (Fsp3) is 0.333. The molecule has 0 unspecified atom stereocenters. The van der Waals surface area contributed by atoms with Gasteiger partial charge in [0.15, 0.2) is 0 Å². The van der Waals surface area contributed by atoms with Gasteiger partial charge in [-0.2, -0.15) is 5.10 Å². The standard InChI is InChI=1S/C21H22ClN7O2/c22-16-3-1-2-4-18(16)29-11-14(8-25-29)10-27-5-6-28-19(12-27)20(30)26-17(21(28)31)7-15-9-23-13-24-15/h1-4,8-9,11,13,17,19H,5-7,10,12H2,(H,23,24)(H,26,30)/t17-,19+/m0/s1. The zero-order valence-electron chi connectivity index (χ0n) is 16.7. The van der Waals surface area contributed by atoms with Gasteiger partial charge in [-0.15, -0.1) is 0 Å². The monoisotopic (exact) mass is 439 g/mol. The number of halogens is 1. The number of carbonyl (C=O) groups excluding carboxylic acids is 2. The average Bonchev–Trinajstić information content (AvgIpc) is 3.44. The summed E-state index contributed by atoms with van der Waals surface area (Å²) in [6.45, 7) is 2.36. The van der Waals surface area contributed by atoms with Crippen LogP contribution in [0.5, 0.6) is 0 Å². The van der Waals surface area contributed by atoms with Crippen molar-refractivity contribution in [2.24, 2.45) is 0 Å². The maximum Gasteiger partial charge on any atom is 0.246 e. The fourth-order valence-corrected chi connectivity index (χ4v) is 4.45. The van der Waals surface area contributed by atoms with E-state index in [4.69, 9.17) is 11.6 Å². The van der Waals surface area contributed by atoms with Gasteiger partial charge in [-0.1, -0.05) is 23.7 Å². The first-order chi connectivity index (χ1) is 15.1. The van der Waals surface area contributed by atoms with Gasteiger partial charge in [0.25, 0.3) is 0 Å². The highest BCUT2D eigenvalue weighted by molar-refractivity contribution is 6.32. The molecule has 2 aromatic heterocycles. The van der Waals surface area contributed by atoms with E-state index >= 15 is 0 Å². The molecule has 2 saturated heterocycles. The zero-order chi connectivity index (χ0) is 21.4. The Hall–Kier alpha value is -3.17. The molecule has 0 bridgehead atoms. The van der Waals surface area contributed by atoms with Crippen molar-refractivity contribution in [1.82, 2.24) is 34.9 Å². The largest absolute Gasteiger partial charge is 0.348 e. The van der Waals surface area contributed by atoms with Gasteiger partial charge in [0.2, 0.25) is 11.8 Å². The molecule has 31 heavy (non-hydrogen) atoms. The van der Waals surface area contributed by atoms with Crippen molar-refractivity contribution in [1.29, 1.82) is 0 Å². The van der Waals surface area contributed by atoms with E-state index in [0.29, 0.717) is 37.6 Å². The Kier molecular flexibility index (Phi) is 5.21. The van der Waals surface area contributed by atoms with Gasteiger partial charge in [-0.3, -0.25) is 14.5 Å². The number of imidazole rings is 1. The van der Waals surface area contributed by atoms with Crippen molar-refractivity contribution in [2.75, 3.05) is 19.6 Å². The summed E-state index contributed by atoms with van der Waals surface area (Å²) in [5.74, 6) is -0.147. The Labute approximate surface area is 184 Å². The highest BCUT2D eigenvalue weighted by atomic mass is 35.5. The minimum absolute atomic E-state index is 0.0367. The molecule has 0 aliphatic carbocycles. The summed E-state index contributed by atoms with van der Waals surface area (Å²) in [7, 11) is 0. The Morgan fingerprint density at radius 2 is 2.03 bits per heavy atom. The number of hydrogen-bond donors (Lipinski definition) is 2. The van der Waals surface area contributed by atoms with Crippen LogP contribution in [0.3, 0.4) is 0 Å². The van der Waals surface area contributed by atoms with Crippen LogP contribution in [0.1, 0.15) is 11.3 Å². The third kappa shape index (κ3) is 3.94. The van der Waals surface area contributed by atoms with Crippen LogP contribution in [-0.4, -0.2) is 73.1 Å². The average molecular weight is 440 g/mol. The molecule has 9 nitrogen and oxygen atoms in total. The molecule has 0 radical (unpaired) electrons. The summed E-state index contributed by atoms with van der Waals surface area (Å²) in [6.07, 6.45) is 7.41. The lowest BCUT2D eigenvalue weighted by atomic mass is 10.0. The van der Waals surface area contributed by atoms with Crippen LogP contribution in [0, 0.1) is 0 Å². The van der Waals surface area contributed by atoms with Crippen molar-refractivity contribution >= 4 is 23.4 Å². The molecule has 0 saturated carbocycles. The molecule has 2 atom stereocenters. The molecular formula is C21H22ClN7O2. The van der Waals surface area contributed by atoms with E-state index in [2.05, 4.69) is 25.3 Å². The number of aromatic amines is 1. The minimum atomic E-state index is -0.551. The number of benzene rings is 1. The first-order valence-electron chi connectivity index (χ1n) is 10.2. The van der Waals surface area contributed by atoms with Gasteiger partial charge in [-0.25, -0.2) is 9.67 Å². The molecule has 2 amide bonds. The lowest BCUT2D eigenvalue weighted by Gasteiger charge is -2.45. The van der Waals surface area contributed by atoms with E-state index in [1.165, 1.54) is 0 Å². The predicted octanol–water partition coefficient (Wildman–Crippen LogP) is 1.00. The van der Waals surface area contributed by atoms with E-state index < -0.39 is 12.1 Å². The number of aromatic nitrogens is 4. The molecule has 10 heteroatoms. The summed E-state index contributed by atoms with van der Waals surface area (Å²) in [5.41, 5.74) is 2.67. The van der Waals surface area contributed by atoms with Crippen molar-refractivity contribution in [3.8, 4) is 5.69 Å². The van der Waals surface area contributed by atoms with Gasteiger partial charge in [0, 0.05) is 56.3 Å². The van der Waals surface area contributed by atoms with E-state index in [1.54, 1.807) is 22.1 Å². The van der Waals surface area contributed by atoms with Crippen molar-refractivity contribution in [3.05, 3.63) is 65.5 Å².